The number of hydrogen-bond donors (Lipinski definition) is 1. The van der Waals surface area contributed by atoms with Gasteiger partial charge < -0.3 is 9.47 Å². The summed E-state index contributed by atoms with van der Waals surface area (Å²) in [5, 5.41) is 0. The Labute approximate surface area is 176 Å². The third kappa shape index (κ3) is 5.51. The quantitative estimate of drug-likeness (QED) is 0.549. The molecule has 0 aliphatic carbocycles. The van der Waals surface area contributed by atoms with Crippen LogP contribution in [0.4, 0.5) is 19.0 Å². The van der Waals surface area contributed by atoms with Gasteiger partial charge in [0.05, 0.1) is 30.1 Å². The van der Waals surface area contributed by atoms with Crippen molar-refractivity contribution < 1.29 is 31.1 Å². The predicted octanol–water partition coefficient (Wildman–Crippen LogP) is 3.87. The minimum Gasteiger partial charge on any atom is -0.495 e. The molecule has 1 unspecified atom stereocenters. The Kier molecular flexibility index (Phi) is 6.48. The van der Waals surface area contributed by atoms with Gasteiger partial charge in [-0.3, -0.25) is 9.71 Å². The summed E-state index contributed by atoms with van der Waals surface area (Å²) in [6.45, 7) is 1.65. The van der Waals surface area contributed by atoms with E-state index in [1.165, 1.54) is 19.4 Å². The molecule has 2 aromatic heterocycles. The number of methoxy groups -OCH3 is 1. The van der Waals surface area contributed by atoms with E-state index in [1.807, 2.05) is 0 Å². The number of pyridine rings is 1. The van der Waals surface area contributed by atoms with Crippen molar-refractivity contribution in [2.45, 2.75) is 25.6 Å². The van der Waals surface area contributed by atoms with Crippen molar-refractivity contribution in [2.24, 2.45) is 0 Å². The number of para-hydroxylation sites is 2. The van der Waals surface area contributed by atoms with E-state index in [0.29, 0.717) is 6.42 Å². The number of ether oxygens (including phenoxy) is 2. The van der Waals surface area contributed by atoms with E-state index < -0.39 is 34.0 Å². The van der Waals surface area contributed by atoms with E-state index >= 15 is 0 Å². The molecular formula is C19H19F3N4O4S. The fourth-order valence-electron chi connectivity index (χ4n) is 2.73. The summed E-state index contributed by atoms with van der Waals surface area (Å²) in [5.74, 6) is -1.19. The first kappa shape index (κ1) is 22.5. The normalized spacial score (nSPS) is 13.1. The molecule has 0 aliphatic heterocycles. The summed E-state index contributed by atoms with van der Waals surface area (Å²) in [6, 6.07) is 7.46. The minimum absolute atomic E-state index is 0.101. The molecule has 8 nitrogen and oxygen atoms in total. The fraction of sp³-hybridized carbons (Fsp3) is 0.316. The molecule has 12 heteroatoms. The van der Waals surface area contributed by atoms with Gasteiger partial charge in [-0.1, -0.05) is 19.1 Å². The summed E-state index contributed by atoms with van der Waals surface area (Å²) < 4.78 is 78.4. The Morgan fingerprint density at radius 2 is 1.81 bits per heavy atom. The molecule has 166 valence electrons. The first-order chi connectivity index (χ1) is 14.6. The average molecular weight is 456 g/mol. The number of benzene rings is 1. The van der Waals surface area contributed by atoms with Crippen molar-refractivity contribution in [3.8, 4) is 11.6 Å². The number of rotatable bonds is 8. The molecule has 0 bridgehead atoms. The topological polar surface area (TPSA) is 103 Å². The maximum absolute atomic E-state index is 13.9. The zero-order chi connectivity index (χ0) is 22.6. The van der Waals surface area contributed by atoms with Crippen molar-refractivity contribution in [2.75, 3.05) is 17.6 Å². The van der Waals surface area contributed by atoms with Crippen LogP contribution in [0.1, 0.15) is 25.0 Å². The molecule has 0 saturated carbocycles. The highest BCUT2D eigenvalue weighted by atomic mass is 32.2. The summed E-state index contributed by atoms with van der Waals surface area (Å²) in [7, 11) is -2.58. The van der Waals surface area contributed by atoms with Crippen molar-refractivity contribution in [1.29, 1.82) is 0 Å². The van der Waals surface area contributed by atoms with E-state index in [2.05, 4.69) is 19.7 Å². The Hall–Kier alpha value is -3.15. The van der Waals surface area contributed by atoms with Crippen LogP contribution >= 0.6 is 0 Å². The second kappa shape index (κ2) is 8.92. The highest BCUT2D eigenvalue weighted by Crippen LogP contribution is 2.39. The smallest absolute Gasteiger partial charge is 0.429 e. The van der Waals surface area contributed by atoms with Gasteiger partial charge in [0, 0.05) is 11.8 Å². The summed E-state index contributed by atoms with van der Waals surface area (Å²) in [5.41, 5.74) is 0.181. The Balaban J connectivity index is 2.10. The molecule has 0 radical (unpaired) electrons. The number of nitrogens with zero attached hydrogens (tertiary/aromatic N) is 3. The van der Waals surface area contributed by atoms with Gasteiger partial charge in [-0.15, -0.1) is 0 Å². The molecule has 0 fully saturated rings. The molecule has 1 atom stereocenters. The molecule has 1 aromatic carbocycles. The molecule has 2 heterocycles. The van der Waals surface area contributed by atoms with Gasteiger partial charge in [0.2, 0.25) is 21.9 Å². The molecule has 1 N–H and O–H groups in total. The monoisotopic (exact) mass is 456 g/mol. The van der Waals surface area contributed by atoms with Crippen LogP contribution in [0.15, 0.2) is 42.7 Å². The van der Waals surface area contributed by atoms with Gasteiger partial charge >= 0.3 is 6.18 Å². The van der Waals surface area contributed by atoms with Gasteiger partial charge in [-0.2, -0.15) is 13.2 Å². The SMILES string of the molecule is CCCS(=O)(=O)Nc1nc2ccccc2nc1OC(c1cncc(OC)c1)C(F)(F)F. The van der Waals surface area contributed by atoms with Gasteiger partial charge in [0.25, 0.3) is 5.88 Å². The standard InChI is InChI=1S/C19H19F3N4O4S/c1-3-8-31(27,28)26-17-18(25-15-7-5-4-6-14(15)24-17)30-16(19(20,21)22)12-9-13(29-2)11-23-10-12/h4-7,9-11,16H,3,8H2,1-2H3,(H,24,26). The molecular weight excluding hydrogens is 437 g/mol. The molecule has 31 heavy (non-hydrogen) atoms. The third-order valence-electron chi connectivity index (χ3n) is 4.06. The lowest BCUT2D eigenvalue weighted by Gasteiger charge is -2.23. The number of halogens is 3. The van der Waals surface area contributed by atoms with Crippen LogP contribution in [0.3, 0.4) is 0 Å². The molecule has 3 rings (SSSR count). The van der Waals surface area contributed by atoms with E-state index in [0.717, 1.165) is 12.3 Å². The number of fused-ring (bicyclic) bond motifs is 1. The van der Waals surface area contributed by atoms with Crippen LogP contribution in [-0.2, 0) is 10.0 Å². The summed E-state index contributed by atoms with van der Waals surface area (Å²) >= 11 is 0. The number of sulfonamides is 1. The zero-order valence-electron chi connectivity index (χ0n) is 16.5. The lowest BCUT2D eigenvalue weighted by molar-refractivity contribution is -0.198. The second-order valence-electron chi connectivity index (χ2n) is 6.48. The maximum Gasteiger partial charge on any atom is 0.429 e. The van der Waals surface area contributed by atoms with Gasteiger partial charge in [0.15, 0.2) is 0 Å². The third-order valence-corrected chi connectivity index (χ3v) is 5.51. The zero-order valence-corrected chi connectivity index (χ0v) is 17.4. The minimum atomic E-state index is -4.86. The Bertz CT molecular complexity index is 1170. The van der Waals surface area contributed by atoms with E-state index in [9.17, 15) is 21.6 Å². The number of nitrogens with one attached hydrogen (secondary N) is 1. The fourth-order valence-corrected chi connectivity index (χ4v) is 3.79. The number of aromatic nitrogens is 3. The van der Waals surface area contributed by atoms with Crippen LogP contribution in [0, 0.1) is 0 Å². The summed E-state index contributed by atoms with van der Waals surface area (Å²) in [4.78, 5) is 11.9. The highest BCUT2D eigenvalue weighted by Gasteiger charge is 2.44. The first-order valence-electron chi connectivity index (χ1n) is 9.12. The molecule has 0 amide bonds. The van der Waals surface area contributed by atoms with Crippen molar-refractivity contribution in [3.63, 3.8) is 0 Å². The van der Waals surface area contributed by atoms with E-state index in [1.54, 1.807) is 25.1 Å². The lowest BCUT2D eigenvalue weighted by atomic mass is 10.1. The highest BCUT2D eigenvalue weighted by molar-refractivity contribution is 7.92. The number of hydrogen-bond acceptors (Lipinski definition) is 7. The summed E-state index contributed by atoms with van der Waals surface area (Å²) in [6.07, 6.45) is -4.82. The predicted molar refractivity (Wildman–Crippen MR) is 107 cm³/mol. The lowest BCUT2D eigenvalue weighted by Crippen LogP contribution is -2.27. The van der Waals surface area contributed by atoms with E-state index in [-0.39, 0.29) is 28.1 Å². The largest absolute Gasteiger partial charge is 0.495 e. The van der Waals surface area contributed by atoms with Crippen LogP contribution in [-0.4, -0.2) is 42.4 Å². The molecule has 0 aliphatic rings. The van der Waals surface area contributed by atoms with Gasteiger partial charge in [-0.25, -0.2) is 18.4 Å². The van der Waals surface area contributed by atoms with Crippen LogP contribution < -0.4 is 14.2 Å². The second-order valence-corrected chi connectivity index (χ2v) is 8.33. The first-order valence-corrected chi connectivity index (χ1v) is 10.8. The van der Waals surface area contributed by atoms with Crippen molar-refractivity contribution in [3.05, 3.63) is 48.3 Å². The average Bonchev–Trinajstić information content (AvgIpc) is 2.70. The van der Waals surface area contributed by atoms with Crippen LogP contribution in [0.5, 0.6) is 11.6 Å². The van der Waals surface area contributed by atoms with Gasteiger partial charge in [-0.05, 0) is 24.6 Å². The molecule has 0 spiro atoms. The van der Waals surface area contributed by atoms with Gasteiger partial charge in [0.1, 0.15) is 5.75 Å². The van der Waals surface area contributed by atoms with Crippen LogP contribution in [0.2, 0.25) is 0 Å². The maximum atomic E-state index is 13.9. The number of anilines is 1. The molecule has 0 saturated heterocycles. The number of alkyl halides is 3. The van der Waals surface area contributed by atoms with Crippen LogP contribution in [0.25, 0.3) is 11.0 Å². The Morgan fingerprint density at radius 1 is 1.13 bits per heavy atom. The van der Waals surface area contributed by atoms with Crippen molar-refractivity contribution in [1.82, 2.24) is 15.0 Å². The molecule has 3 aromatic rings. The van der Waals surface area contributed by atoms with E-state index in [4.69, 9.17) is 9.47 Å². The Morgan fingerprint density at radius 3 is 2.42 bits per heavy atom. The van der Waals surface area contributed by atoms with Crippen molar-refractivity contribution >= 4 is 26.9 Å².